The van der Waals surface area contributed by atoms with Gasteiger partial charge in [0.1, 0.15) is 5.75 Å². The van der Waals surface area contributed by atoms with Crippen LogP contribution in [0, 0.1) is 20.8 Å². The van der Waals surface area contributed by atoms with Gasteiger partial charge in [0.25, 0.3) is 11.8 Å². The van der Waals surface area contributed by atoms with Crippen LogP contribution in [-0.2, 0) is 6.54 Å². The standard InChI is InChI=1S/C32H24N2O4/c1-18-14-19(2)29(20(3)15-18)38-32(37)28-24-10-6-7-11-26(24)33-27-13-12-21(16-25(27)28)17-34-30(35)22-8-4-5-9-23(22)31(34)36/h4-16H,17H2,1-3H3. The van der Waals surface area contributed by atoms with Crippen LogP contribution >= 0.6 is 0 Å². The first-order valence-electron chi connectivity index (χ1n) is 12.4. The molecule has 4 aromatic carbocycles. The molecule has 1 aliphatic rings. The third kappa shape index (κ3) is 3.82. The van der Waals surface area contributed by atoms with E-state index in [1.165, 1.54) is 4.90 Å². The first-order chi connectivity index (χ1) is 18.3. The molecule has 0 radical (unpaired) electrons. The number of hydrogen-bond acceptors (Lipinski definition) is 5. The molecule has 186 valence electrons. The summed E-state index contributed by atoms with van der Waals surface area (Å²) < 4.78 is 6.00. The van der Waals surface area contributed by atoms with Crippen LogP contribution < -0.4 is 4.74 Å². The number of fused-ring (bicyclic) bond motifs is 3. The van der Waals surface area contributed by atoms with E-state index in [0.717, 1.165) is 16.7 Å². The number of benzene rings is 4. The van der Waals surface area contributed by atoms with Crippen molar-refractivity contribution in [2.75, 3.05) is 0 Å². The van der Waals surface area contributed by atoms with E-state index in [1.807, 2.05) is 75.4 Å². The molecular weight excluding hydrogens is 476 g/mol. The average Bonchev–Trinajstić information content (AvgIpc) is 3.14. The van der Waals surface area contributed by atoms with Crippen molar-refractivity contribution in [2.24, 2.45) is 0 Å². The molecule has 6 rings (SSSR count). The van der Waals surface area contributed by atoms with Crippen molar-refractivity contribution >= 4 is 39.6 Å². The van der Waals surface area contributed by atoms with E-state index >= 15 is 0 Å². The van der Waals surface area contributed by atoms with E-state index in [2.05, 4.69) is 0 Å². The van der Waals surface area contributed by atoms with Crippen LogP contribution in [0.25, 0.3) is 21.8 Å². The minimum atomic E-state index is -0.485. The lowest BCUT2D eigenvalue weighted by molar-refractivity contribution is 0.0640. The molecule has 0 spiro atoms. The van der Waals surface area contributed by atoms with Crippen LogP contribution in [0.1, 0.15) is 53.3 Å². The van der Waals surface area contributed by atoms with E-state index in [9.17, 15) is 14.4 Å². The molecule has 6 nitrogen and oxygen atoms in total. The number of aryl methyl sites for hydroxylation is 3. The molecule has 0 aliphatic carbocycles. The largest absolute Gasteiger partial charge is 0.422 e. The molecule has 6 heteroatoms. The Labute approximate surface area is 219 Å². The number of imide groups is 1. The van der Waals surface area contributed by atoms with Crippen LogP contribution in [0.15, 0.2) is 78.9 Å². The molecule has 2 amide bonds. The first kappa shape index (κ1) is 23.6. The van der Waals surface area contributed by atoms with Gasteiger partial charge in [-0.15, -0.1) is 0 Å². The lowest BCUT2D eigenvalue weighted by atomic mass is 10.0. The number of rotatable bonds is 4. The van der Waals surface area contributed by atoms with Gasteiger partial charge in [-0.3, -0.25) is 14.5 Å². The molecule has 0 unspecified atom stereocenters. The summed E-state index contributed by atoms with van der Waals surface area (Å²) in [6.45, 7) is 5.93. The Morgan fingerprint density at radius 3 is 2.05 bits per heavy atom. The summed E-state index contributed by atoms with van der Waals surface area (Å²) in [5, 5.41) is 1.27. The highest BCUT2D eigenvalue weighted by Crippen LogP contribution is 2.32. The number of amides is 2. The summed E-state index contributed by atoms with van der Waals surface area (Å²) >= 11 is 0. The summed E-state index contributed by atoms with van der Waals surface area (Å²) in [7, 11) is 0. The highest BCUT2D eigenvalue weighted by Gasteiger charge is 2.35. The minimum Gasteiger partial charge on any atom is -0.422 e. The Morgan fingerprint density at radius 2 is 1.37 bits per heavy atom. The molecule has 0 saturated heterocycles. The van der Waals surface area contributed by atoms with Gasteiger partial charge in [0.05, 0.1) is 34.3 Å². The summed E-state index contributed by atoms with van der Waals surface area (Å²) in [5.74, 6) is -0.599. The number of hydrogen-bond donors (Lipinski definition) is 0. The predicted octanol–water partition coefficient (Wildman–Crippen LogP) is 6.33. The SMILES string of the molecule is Cc1cc(C)c(OC(=O)c2c3ccccc3nc3ccc(CN4C(=O)c5ccccc5C4=O)cc23)c(C)c1. The number of nitrogens with zero attached hydrogens (tertiary/aromatic N) is 2. The number of carbonyl (C=O) groups excluding carboxylic acids is 3. The van der Waals surface area contributed by atoms with Gasteiger partial charge in [0.2, 0.25) is 0 Å². The smallest absolute Gasteiger partial charge is 0.344 e. The van der Waals surface area contributed by atoms with Crippen LogP contribution in [0.5, 0.6) is 5.75 Å². The Bertz CT molecular complexity index is 1760. The van der Waals surface area contributed by atoms with Crippen molar-refractivity contribution in [3.05, 3.63) is 118 Å². The Balaban J connectivity index is 1.45. The monoisotopic (exact) mass is 500 g/mol. The topological polar surface area (TPSA) is 76.6 Å². The van der Waals surface area contributed by atoms with Crippen molar-refractivity contribution in [2.45, 2.75) is 27.3 Å². The van der Waals surface area contributed by atoms with Crippen molar-refractivity contribution in [3.8, 4) is 5.75 Å². The highest BCUT2D eigenvalue weighted by molar-refractivity contribution is 6.21. The fourth-order valence-electron chi connectivity index (χ4n) is 5.29. The maximum absolute atomic E-state index is 13.8. The predicted molar refractivity (Wildman–Crippen MR) is 146 cm³/mol. The van der Waals surface area contributed by atoms with E-state index in [4.69, 9.17) is 9.72 Å². The number of carbonyl (C=O) groups is 3. The van der Waals surface area contributed by atoms with Crippen molar-refractivity contribution in [3.63, 3.8) is 0 Å². The third-order valence-electron chi connectivity index (χ3n) is 6.97. The summed E-state index contributed by atoms with van der Waals surface area (Å²) in [6, 6.07) is 23.7. The molecule has 5 aromatic rings. The lowest BCUT2D eigenvalue weighted by Gasteiger charge is -2.16. The van der Waals surface area contributed by atoms with Gasteiger partial charge in [-0.2, -0.15) is 0 Å². The second-order valence-electron chi connectivity index (χ2n) is 9.71. The summed E-state index contributed by atoms with van der Waals surface area (Å²) in [6.07, 6.45) is 0. The van der Waals surface area contributed by atoms with Crippen molar-refractivity contribution in [1.29, 1.82) is 0 Å². The maximum Gasteiger partial charge on any atom is 0.344 e. The van der Waals surface area contributed by atoms with Gasteiger partial charge in [-0.05, 0) is 67.8 Å². The minimum absolute atomic E-state index is 0.0831. The van der Waals surface area contributed by atoms with E-state index in [0.29, 0.717) is 49.8 Å². The van der Waals surface area contributed by atoms with Gasteiger partial charge in [0.15, 0.2) is 0 Å². The Morgan fingerprint density at radius 1 is 0.763 bits per heavy atom. The lowest BCUT2D eigenvalue weighted by Crippen LogP contribution is -2.29. The quantitative estimate of drug-likeness (QED) is 0.125. The van der Waals surface area contributed by atoms with Crippen LogP contribution in [-0.4, -0.2) is 27.7 Å². The second kappa shape index (κ2) is 8.92. The zero-order chi connectivity index (χ0) is 26.6. The zero-order valence-electron chi connectivity index (χ0n) is 21.2. The summed E-state index contributed by atoms with van der Waals surface area (Å²) in [4.78, 5) is 45.6. The highest BCUT2D eigenvalue weighted by atomic mass is 16.5. The zero-order valence-corrected chi connectivity index (χ0v) is 21.2. The molecule has 0 fully saturated rings. The molecule has 0 atom stereocenters. The first-order valence-corrected chi connectivity index (χ1v) is 12.4. The van der Waals surface area contributed by atoms with E-state index < -0.39 is 5.97 Å². The molecule has 0 N–H and O–H groups in total. The molecule has 2 heterocycles. The van der Waals surface area contributed by atoms with Gasteiger partial charge in [-0.1, -0.05) is 54.1 Å². The van der Waals surface area contributed by atoms with Crippen LogP contribution in [0.2, 0.25) is 0 Å². The molecule has 0 saturated carbocycles. The van der Waals surface area contributed by atoms with Gasteiger partial charge in [-0.25, -0.2) is 9.78 Å². The Kier molecular flexibility index (Phi) is 5.53. The van der Waals surface area contributed by atoms with Crippen LogP contribution in [0.3, 0.4) is 0 Å². The normalized spacial score (nSPS) is 12.9. The fraction of sp³-hybridized carbons (Fsp3) is 0.125. The van der Waals surface area contributed by atoms with E-state index in [1.54, 1.807) is 24.3 Å². The van der Waals surface area contributed by atoms with Crippen molar-refractivity contribution < 1.29 is 19.1 Å². The molecule has 0 bridgehead atoms. The molecule has 1 aromatic heterocycles. The number of pyridine rings is 1. The molecule has 38 heavy (non-hydrogen) atoms. The fourth-order valence-corrected chi connectivity index (χ4v) is 5.29. The Hall–Kier alpha value is -4.84. The van der Waals surface area contributed by atoms with Gasteiger partial charge < -0.3 is 4.74 Å². The second-order valence-corrected chi connectivity index (χ2v) is 9.71. The number of para-hydroxylation sites is 1. The number of esters is 1. The number of ether oxygens (including phenoxy) is 1. The van der Waals surface area contributed by atoms with Gasteiger partial charge >= 0.3 is 5.97 Å². The average molecular weight is 501 g/mol. The van der Waals surface area contributed by atoms with Crippen LogP contribution in [0.4, 0.5) is 0 Å². The van der Waals surface area contributed by atoms with Gasteiger partial charge in [0, 0.05) is 10.8 Å². The molecular formula is C32H24N2O4. The maximum atomic E-state index is 13.8. The third-order valence-corrected chi connectivity index (χ3v) is 6.97. The summed E-state index contributed by atoms with van der Waals surface area (Å²) in [5.41, 5.74) is 6.07. The van der Waals surface area contributed by atoms with Crippen molar-refractivity contribution in [1.82, 2.24) is 9.88 Å². The number of aromatic nitrogens is 1. The molecule has 1 aliphatic heterocycles. The van der Waals surface area contributed by atoms with E-state index in [-0.39, 0.29) is 18.4 Å².